The fourth-order valence-corrected chi connectivity index (χ4v) is 4.85. The minimum Gasteiger partial charge on any atom is -0.380 e. The minimum absolute atomic E-state index is 0.0586. The summed E-state index contributed by atoms with van der Waals surface area (Å²) in [6.45, 7) is 2.92. The highest BCUT2D eigenvalue weighted by Crippen LogP contribution is 2.37. The van der Waals surface area contributed by atoms with Crippen molar-refractivity contribution >= 4 is 17.5 Å². The number of carbonyl (C=O) groups is 2. The SMILES string of the molecule is CN(CC1CC1)c1ccc(-c2ccc(C(=O)N3CCN(C(=O)C4(O)CC4)CC3)cc2)cc1CN=O. The molecule has 184 valence electrons. The van der Waals surface area contributed by atoms with Crippen molar-refractivity contribution in [2.45, 2.75) is 37.8 Å². The predicted octanol–water partition coefficient (Wildman–Crippen LogP) is 3.28. The average Bonchev–Trinajstić information content (AvgIpc) is 3.82. The van der Waals surface area contributed by atoms with Gasteiger partial charge in [-0.15, -0.1) is 0 Å². The normalized spacial score (nSPS) is 18.8. The molecule has 5 rings (SSSR count). The monoisotopic (exact) mass is 476 g/mol. The van der Waals surface area contributed by atoms with E-state index in [2.05, 4.69) is 23.2 Å². The van der Waals surface area contributed by atoms with Gasteiger partial charge in [-0.05, 0) is 67.0 Å². The lowest BCUT2D eigenvalue weighted by atomic mass is 9.99. The van der Waals surface area contributed by atoms with Crippen LogP contribution in [-0.2, 0) is 11.3 Å². The number of nitroso groups, excluding NO2 is 1. The minimum atomic E-state index is -1.16. The van der Waals surface area contributed by atoms with Crippen LogP contribution in [-0.4, -0.2) is 72.1 Å². The fraction of sp³-hybridized carbons (Fsp3) is 0.481. The Balaban J connectivity index is 1.24. The molecule has 2 aromatic rings. The van der Waals surface area contributed by atoms with Crippen molar-refractivity contribution in [3.8, 4) is 11.1 Å². The van der Waals surface area contributed by atoms with Gasteiger partial charge in [0.1, 0.15) is 12.1 Å². The molecule has 0 aromatic heterocycles. The molecular formula is C27H32N4O4. The number of hydrogen-bond donors (Lipinski definition) is 1. The van der Waals surface area contributed by atoms with Crippen LogP contribution < -0.4 is 4.90 Å². The van der Waals surface area contributed by atoms with Crippen molar-refractivity contribution in [3.05, 3.63) is 58.5 Å². The van der Waals surface area contributed by atoms with Gasteiger partial charge in [-0.3, -0.25) is 9.59 Å². The summed E-state index contributed by atoms with van der Waals surface area (Å²) in [6.07, 6.45) is 3.60. The van der Waals surface area contributed by atoms with Gasteiger partial charge >= 0.3 is 0 Å². The van der Waals surface area contributed by atoms with Crippen LogP contribution in [0.2, 0.25) is 0 Å². The van der Waals surface area contributed by atoms with Gasteiger partial charge in [0.05, 0.1) is 0 Å². The molecular weight excluding hydrogens is 444 g/mol. The summed E-state index contributed by atoms with van der Waals surface area (Å²) in [7, 11) is 2.06. The Kier molecular flexibility index (Phi) is 6.32. The van der Waals surface area contributed by atoms with E-state index in [1.807, 2.05) is 36.4 Å². The lowest BCUT2D eigenvalue weighted by molar-refractivity contribution is -0.143. The summed E-state index contributed by atoms with van der Waals surface area (Å²) >= 11 is 0. The van der Waals surface area contributed by atoms with Gasteiger partial charge < -0.3 is 19.8 Å². The van der Waals surface area contributed by atoms with E-state index in [9.17, 15) is 19.6 Å². The zero-order valence-electron chi connectivity index (χ0n) is 20.2. The van der Waals surface area contributed by atoms with E-state index in [0.717, 1.165) is 34.8 Å². The van der Waals surface area contributed by atoms with E-state index in [-0.39, 0.29) is 18.4 Å². The number of hydrogen-bond acceptors (Lipinski definition) is 6. The lowest BCUT2D eigenvalue weighted by Gasteiger charge is -2.35. The van der Waals surface area contributed by atoms with E-state index >= 15 is 0 Å². The summed E-state index contributed by atoms with van der Waals surface area (Å²) in [4.78, 5) is 42.0. The van der Waals surface area contributed by atoms with E-state index in [0.29, 0.717) is 44.6 Å². The smallest absolute Gasteiger partial charge is 0.254 e. The Bertz CT molecular complexity index is 1120. The van der Waals surface area contributed by atoms with Crippen molar-refractivity contribution in [2.75, 3.05) is 44.7 Å². The topological polar surface area (TPSA) is 93.5 Å². The predicted molar refractivity (Wildman–Crippen MR) is 134 cm³/mol. The zero-order chi connectivity index (χ0) is 24.6. The number of rotatable bonds is 8. The van der Waals surface area contributed by atoms with Gasteiger partial charge in [0, 0.05) is 56.6 Å². The second-order valence-electron chi connectivity index (χ2n) is 10.1. The first kappa shape index (κ1) is 23.5. The molecule has 0 radical (unpaired) electrons. The summed E-state index contributed by atoms with van der Waals surface area (Å²) in [6, 6.07) is 13.6. The van der Waals surface area contributed by atoms with E-state index in [1.165, 1.54) is 12.8 Å². The average molecular weight is 477 g/mol. The Morgan fingerprint density at radius 2 is 1.63 bits per heavy atom. The molecule has 2 aromatic carbocycles. The van der Waals surface area contributed by atoms with Crippen LogP contribution in [0.3, 0.4) is 0 Å². The van der Waals surface area contributed by atoms with Crippen LogP contribution in [0.25, 0.3) is 11.1 Å². The number of piperazine rings is 1. The third kappa shape index (κ3) is 5.07. The molecule has 0 bridgehead atoms. The highest BCUT2D eigenvalue weighted by molar-refractivity contribution is 5.95. The molecule has 2 saturated carbocycles. The van der Waals surface area contributed by atoms with Crippen molar-refractivity contribution in [2.24, 2.45) is 11.1 Å². The molecule has 1 aliphatic heterocycles. The fourth-order valence-electron chi connectivity index (χ4n) is 4.85. The molecule has 8 heteroatoms. The highest BCUT2D eigenvalue weighted by atomic mass is 16.3. The molecule has 0 unspecified atom stereocenters. The molecule has 1 heterocycles. The first-order valence-corrected chi connectivity index (χ1v) is 12.4. The summed E-state index contributed by atoms with van der Waals surface area (Å²) in [5.41, 5.74) is 3.34. The Morgan fingerprint density at radius 3 is 2.23 bits per heavy atom. The molecule has 2 amide bonds. The largest absolute Gasteiger partial charge is 0.380 e. The third-order valence-electron chi connectivity index (χ3n) is 7.40. The molecule has 0 atom stereocenters. The molecule has 2 aliphatic carbocycles. The summed E-state index contributed by atoms with van der Waals surface area (Å²) in [5, 5.41) is 13.2. The quantitative estimate of drug-likeness (QED) is 0.590. The van der Waals surface area contributed by atoms with Gasteiger partial charge in [-0.25, -0.2) is 0 Å². The maximum absolute atomic E-state index is 13.0. The van der Waals surface area contributed by atoms with Crippen molar-refractivity contribution < 1.29 is 14.7 Å². The Morgan fingerprint density at radius 1 is 1.00 bits per heavy atom. The molecule has 3 fully saturated rings. The highest BCUT2D eigenvalue weighted by Gasteiger charge is 2.50. The molecule has 8 nitrogen and oxygen atoms in total. The Labute approximate surface area is 205 Å². The number of anilines is 1. The number of nitrogens with zero attached hydrogens (tertiary/aromatic N) is 4. The second kappa shape index (κ2) is 9.41. The molecule has 35 heavy (non-hydrogen) atoms. The Hall–Kier alpha value is -3.26. The van der Waals surface area contributed by atoms with Gasteiger partial charge in [0.25, 0.3) is 11.8 Å². The molecule has 1 N–H and O–H groups in total. The van der Waals surface area contributed by atoms with Crippen LogP contribution in [0.4, 0.5) is 5.69 Å². The van der Waals surface area contributed by atoms with Crippen LogP contribution in [0.1, 0.15) is 41.6 Å². The van der Waals surface area contributed by atoms with Crippen molar-refractivity contribution in [3.63, 3.8) is 0 Å². The third-order valence-corrected chi connectivity index (χ3v) is 7.40. The van der Waals surface area contributed by atoms with Crippen molar-refractivity contribution in [1.82, 2.24) is 9.80 Å². The standard InChI is InChI=1S/C27H32N4O4/c1-29(18-19-2-3-19)24-9-8-22(16-23(24)17-28-35)20-4-6-21(7-5-20)25(32)30-12-14-31(15-13-30)26(33)27(34)10-11-27/h4-9,16,19,34H,2-3,10-15,17-18H2,1H3. The number of aliphatic hydroxyl groups is 1. The maximum Gasteiger partial charge on any atom is 0.254 e. The van der Waals surface area contributed by atoms with Crippen molar-refractivity contribution in [1.29, 1.82) is 0 Å². The summed E-state index contributed by atoms with van der Waals surface area (Å²) in [5.74, 6) is 0.481. The van der Waals surface area contributed by atoms with Gasteiger partial charge in [-0.2, -0.15) is 4.91 Å². The lowest BCUT2D eigenvalue weighted by Crippen LogP contribution is -2.53. The van der Waals surface area contributed by atoms with E-state index < -0.39 is 5.60 Å². The zero-order valence-corrected chi connectivity index (χ0v) is 20.2. The van der Waals surface area contributed by atoms with Gasteiger partial charge in [0.2, 0.25) is 0 Å². The summed E-state index contributed by atoms with van der Waals surface area (Å²) < 4.78 is 0. The maximum atomic E-state index is 13.0. The van der Waals surface area contributed by atoms with Crippen LogP contribution >= 0.6 is 0 Å². The number of benzene rings is 2. The van der Waals surface area contributed by atoms with Crippen LogP contribution in [0.15, 0.2) is 47.6 Å². The van der Waals surface area contributed by atoms with Gasteiger partial charge in [0.15, 0.2) is 0 Å². The molecule has 3 aliphatic rings. The van der Waals surface area contributed by atoms with Crippen LogP contribution in [0.5, 0.6) is 0 Å². The number of carbonyl (C=O) groups excluding carboxylic acids is 2. The first-order valence-electron chi connectivity index (χ1n) is 12.4. The van der Waals surface area contributed by atoms with E-state index in [1.54, 1.807) is 9.80 Å². The second-order valence-corrected chi connectivity index (χ2v) is 10.1. The molecule has 1 saturated heterocycles. The first-order chi connectivity index (χ1) is 16.9. The number of amides is 2. The van der Waals surface area contributed by atoms with E-state index in [4.69, 9.17) is 0 Å². The molecule has 0 spiro atoms. The van der Waals surface area contributed by atoms with Crippen LogP contribution in [0, 0.1) is 10.8 Å². The van der Waals surface area contributed by atoms with Gasteiger partial charge in [-0.1, -0.05) is 23.4 Å².